The van der Waals surface area contributed by atoms with Crippen molar-refractivity contribution in [2.24, 2.45) is 5.92 Å². The second-order valence-corrected chi connectivity index (χ2v) is 7.23. The average Bonchev–Trinajstić information content (AvgIpc) is 2.89. The molecule has 1 atom stereocenters. The third kappa shape index (κ3) is 2.44. The van der Waals surface area contributed by atoms with Gasteiger partial charge in [-0.25, -0.2) is 0 Å². The van der Waals surface area contributed by atoms with Crippen LogP contribution in [0.4, 0.5) is 0 Å². The van der Waals surface area contributed by atoms with Crippen molar-refractivity contribution in [2.75, 3.05) is 25.9 Å². The Morgan fingerprint density at radius 1 is 1.44 bits per heavy atom. The van der Waals surface area contributed by atoms with Crippen LogP contribution in [-0.4, -0.2) is 42.7 Å². The minimum absolute atomic E-state index is 0.110. The van der Waals surface area contributed by atoms with Crippen LogP contribution < -0.4 is 5.32 Å². The van der Waals surface area contributed by atoms with E-state index in [9.17, 15) is 4.79 Å². The number of carbonyl (C=O) groups excluding carboxylic acids is 1. The van der Waals surface area contributed by atoms with E-state index in [0.717, 1.165) is 11.4 Å². The fraction of sp³-hybridized carbons (Fsp3) is 0.615. The molecule has 1 aromatic heterocycles. The number of amides is 1. The van der Waals surface area contributed by atoms with Gasteiger partial charge in [-0.2, -0.15) is 0 Å². The summed E-state index contributed by atoms with van der Waals surface area (Å²) in [5.41, 5.74) is 0. The van der Waals surface area contributed by atoms with Crippen LogP contribution in [0.1, 0.15) is 22.5 Å². The van der Waals surface area contributed by atoms with Crippen LogP contribution in [0.2, 0.25) is 0 Å². The molecule has 3 aliphatic rings. The molecule has 18 heavy (non-hydrogen) atoms. The van der Waals surface area contributed by atoms with E-state index in [1.165, 1.54) is 30.1 Å². The summed E-state index contributed by atoms with van der Waals surface area (Å²) >= 11 is 3.28. The Hall–Kier alpha value is -0.520. The monoisotopic (exact) mass is 281 g/mol. The second kappa shape index (κ2) is 5.23. The summed E-state index contributed by atoms with van der Waals surface area (Å²) in [5, 5.41) is 3.22. The van der Waals surface area contributed by atoms with Gasteiger partial charge in [0, 0.05) is 12.6 Å². The molecule has 3 fully saturated rings. The molecule has 1 aromatic rings. The Kier molecular flexibility index (Phi) is 3.63. The van der Waals surface area contributed by atoms with Crippen molar-refractivity contribution < 1.29 is 4.79 Å². The first-order chi connectivity index (χ1) is 8.76. The molecule has 0 spiro atoms. The summed E-state index contributed by atoms with van der Waals surface area (Å²) in [6.45, 7) is 3.47. The van der Waals surface area contributed by atoms with E-state index < -0.39 is 0 Å². The van der Waals surface area contributed by atoms with Crippen molar-refractivity contribution in [3.8, 4) is 0 Å². The van der Waals surface area contributed by atoms with Gasteiger partial charge in [-0.1, -0.05) is 0 Å². The lowest BCUT2D eigenvalue weighted by Gasteiger charge is -2.44. The van der Waals surface area contributed by atoms with Crippen LogP contribution in [0.15, 0.2) is 16.3 Å². The first kappa shape index (κ1) is 12.5. The van der Waals surface area contributed by atoms with Crippen molar-refractivity contribution in [1.29, 1.82) is 0 Å². The zero-order valence-corrected chi connectivity index (χ0v) is 12.1. The molecular weight excluding hydrogens is 263 g/mol. The molecule has 2 bridgehead atoms. The molecule has 1 amide bonds. The van der Waals surface area contributed by atoms with Crippen molar-refractivity contribution >= 4 is 29.0 Å². The quantitative estimate of drug-likeness (QED) is 0.863. The van der Waals surface area contributed by atoms with Gasteiger partial charge in [-0.05, 0) is 50.2 Å². The Morgan fingerprint density at radius 3 is 2.78 bits per heavy atom. The maximum Gasteiger partial charge on any atom is 0.261 e. The van der Waals surface area contributed by atoms with Crippen molar-refractivity contribution in [2.45, 2.75) is 23.1 Å². The second-order valence-electron chi connectivity index (χ2n) is 5.04. The van der Waals surface area contributed by atoms with Gasteiger partial charge in [0.2, 0.25) is 0 Å². The molecule has 98 valence electrons. The Labute approximate surface area is 116 Å². The highest BCUT2D eigenvalue weighted by molar-refractivity contribution is 8.00. The molecule has 0 saturated carbocycles. The van der Waals surface area contributed by atoms with Gasteiger partial charge in [0.05, 0.1) is 9.09 Å². The van der Waals surface area contributed by atoms with Crippen LogP contribution in [-0.2, 0) is 0 Å². The molecule has 0 aliphatic carbocycles. The standard InChI is InChI=1S/C13H18N2OS2/c1-17-12-3-2-11(18-12)13(16)14-10-8-15-6-4-9(10)5-7-15/h2-3,9-10H,4-8H2,1H3,(H,14,16)/t10-/m0/s1/i13-1. The number of thioether (sulfide) groups is 1. The highest BCUT2D eigenvalue weighted by Crippen LogP contribution is 2.29. The molecule has 3 aliphatic heterocycles. The predicted octanol–water partition coefficient (Wildman–Crippen LogP) is 2.29. The summed E-state index contributed by atoms with van der Waals surface area (Å²) in [5.74, 6) is 0.804. The minimum atomic E-state index is 0.110. The minimum Gasteiger partial charge on any atom is -0.347 e. The zero-order chi connectivity index (χ0) is 12.5. The number of hydrogen-bond donors (Lipinski definition) is 1. The predicted molar refractivity (Wildman–Crippen MR) is 76.5 cm³/mol. The van der Waals surface area contributed by atoms with Gasteiger partial charge in [-0.15, -0.1) is 23.1 Å². The number of piperidine rings is 3. The molecule has 4 heterocycles. The lowest BCUT2D eigenvalue weighted by atomic mass is 9.81. The van der Waals surface area contributed by atoms with Crippen LogP contribution in [0.3, 0.4) is 0 Å². The average molecular weight is 281 g/mol. The highest BCUT2D eigenvalue weighted by atomic mass is 32.2. The van der Waals surface area contributed by atoms with Crippen LogP contribution in [0, 0.1) is 5.92 Å². The van der Waals surface area contributed by atoms with E-state index >= 15 is 0 Å². The Bertz CT molecular complexity index is 438. The lowest BCUT2D eigenvalue weighted by Crippen LogP contribution is -2.57. The Morgan fingerprint density at radius 2 is 2.22 bits per heavy atom. The third-order valence-electron chi connectivity index (χ3n) is 3.98. The SMILES string of the molecule is CSc1ccc([11C](=O)N[C@H]2CN3CCC2CC3)s1. The lowest BCUT2D eigenvalue weighted by molar-refractivity contribution is 0.0622. The fourth-order valence-corrected chi connectivity index (χ4v) is 4.37. The number of rotatable bonds is 3. The maximum absolute atomic E-state index is 12.2. The molecule has 3 nitrogen and oxygen atoms in total. The van der Waals surface area contributed by atoms with Gasteiger partial charge in [-0.3, -0.25) is 4.79 Å². The van der Waals surface area contributed by atoms with E-state index in [0.29, 0.717) is 12.0 Å². The van der Waals surface area contributed by atoms with Crippen molar-refractivity contribution in [1.82, 2.24) is 10.2 Å². The Balaban J connectivity index is 1.64. The number of fused-ring (bicyclic) bond motifs is 3. The topological polar surface area (TPSA) is 32.3 Å². The van der Waals surface area contributed by atoms with Gasteiger partial charge in [0.1, 0.15) is 0 Å². The van der Waals surface area contributed by atoms with Crippen LogP contribution in [0.25, 0.3) is 0 Å². The maximum atomic E-state index is 12.2. The first-order valence-corrected chi connectivity index (χ1v) is 8.47. The number of carbonyl (C=O) groups is 1. The van der Waals surface area contributed by atoms with E-state index in [4.69, 9.17) is 0 Å². The molecule has 0 radical (unpaired) electrons. The smallest absolute Gasteiger partial charge is 0.261 e. The molecule has 0 unspecified atom stereocenters. The number of nitrogens with one attached hydrogen (secondary N) is 1. The molecule has 1 N–H and O–H groups in total. The van der Waals surface area contributed by atoms with E-state index in [1.54, 1.807) is 23.1 Å². The van der Waals surface area contributed by atoms with Gasteiger partial charge in [0.25, 0.3) is 5.91 Å². The van der Waals surface area contributed by atoms with Gasteiger partial charge < -0.3 is 10.2 Å². The van der Waals surface area contributed by atoms with E-state index in [1.807, 2.05) is 18.4 Å². The number of nitrogens with zero attached hydrogens (tertiary/aromatic N) is 1. The number of hydrogen-bond acceptors (Lipinski definition) is 4. The summed E-state index contributed by atoms with van der Waals surface area (Å²) in [7, 11) is 0. The van der Waals surface area contributed by atoms with E-state index in [-0.39, 0.29) is 5.91 Å². The highest BCUT2D eigenvalue weighted by Gasteiger charge is 2.35. The van der Waals surface area contributed by atoms with Crippen LogP contribution >= 0.6 is 23.1 Å². The summed E-state index contributed by atoms with van der Waals surface area (Å²) in [6.07, 6.45) is 4.53. The van der Waals surface area contributed by atoms with Crippen molar-refractivity contribution in [3.63, 3.8) is 0 Å². The van der Waals surface area contributed by atoms with Crippen molar-refractivity contribution in [3.05, 3.63) is 17.0 Å². The number of thiophene rings is 1. The third-order valence-corrected chi connectivity index (χ3v) is 6.15. The van der Waals surface area contributed by atoms with E-state index in [2.05, 4.69) is 10.2 Å². The molecule has 3 saturated heterocycles. The fourth-order valence-electron chi connectivity index (χ4n) is 2.92. The molecule has 4 rings (SSSR count). The van der Waals surface area contributed by atoms with Gasteiger partial charge >= 0.3 is 0 Å². The molecule has 0 aromatic carbocycles. The summed E-state index contributed by atoms with van der Waals surface area (Å²) in [4.78, 5) is 15.5. The largest absolute Gasteiger partial charge is 0.347 e. The van der Waals surface area contributed by atoms with Crippen LogP contribution in [0.5, 0.6) is 0 Å². The normalized spacial score (nSPS) is 30.4. The molecule has 5 heteroatoms. The molecular formula is C13H18N2OS2. The van der Waals surface area contributed by atoms with Gasteiger partial charge in [0.15, 0.2) is 0 Å². The summed E-state index contributed by atoms with van der Waals surface area (Å²) in [6, 6.07) is 4.33. The zero-order valence-electron chi connectivity index (χ0n) is 10.5. The first-order valence-electron chi connectivity index (χ1n) is 6.43. The summed E-state index contributed by atoms with van der Waals surface area (Å²) < 4.78 is 1.20.